The number of aryl methyl sites for hydroxylation is 1. The fraction of sp³-hybridized carbons (Fsp3) is 0.308. The quantitative estimate of drug-likeness (QED) is 0.878. The molecule has 1 heterocycles. The average Bonchev–Trinajstić information content (AvgIpc) is 2.73. The first-order valence-corrected chi connectivity index (χ1v) is 5.62. The lowest BCUT2D eigenvalue weighted by Crippen LogP contribution is -2.18. The van der Waals surface area contributed by atoms with Crippen molar-refractivity contribution in [3.63, 3.8) is 0 Å². The molecular weight excluding hydrogens is 217 g/mol. The van der Waals surface area contributed by atoms with Crippen LogP contribution in [-0.4, -0.2) is 9.78 Å². The van der Waals surface area contributed by atoms with Gasteiger partial charge in [-0.25, -0.2) is 4.39 Å². The fourth-order valence-corrected chi connectivity index (χ4v) is 1.69. The molecule has 1 atom stereocenters. The Kier molecular flexibility index (Phi) is 3.54. The highest BCUT2D eigenvalue weighted by molar-refractivity contribution is 5.16. The van der Waals surface area contributed by atoms with E-state index in [1.807, 2.05) is 32.3 Å². The van der Waals surface area contributed by atoms with E-state index in [9.17, 15) is 4.39 Å². The van der Waals surface area contributed by atoms with Crippen LogP contribution in [0.5, 0.6) is 0 Å². The van der Waals surface area contributed by atoms with E-state index in [0.29, 0.717) is 6.54 Å². The second-order valence-corrected chi connectivity index (χ2v) is 4.15. The molecule has 4 heteroatoms. The number of halogens is 1. The number of nitrogens with one attached hydrogen (secondary N) is 1. The van der Waals surface area contributed by atoms with Crippen LogP contribution in [0.1, 0.15) is 24.2 Å². The Morgan fingerprint density at radius 1 is 1.41 bits per heavy atom. The number of benzene rings is 1. The van der Waals surface area contributed by atoms with Gasteiger partial charge in [0, 0.05) is 25.8 Å². The van der Waals surface area contributed by atoms with E-state index < -0.39 is 0 Å². The van der Waals surface area contributed by atoms with Crippen LogP contribution in [0.2, 0.25) is 0 Å². The average molecular weight is 233 g/mol. The zero-order valence-electron chi connectivity index (χ0n) is 10.0. The highest BCUT2D eigenvalue weighted by Gasteiger charge is 2.07. The molecule has 0 aliphatic carbocycles. The first-order valence-electron chi connectivity index (χ1n) is 5.62. The Bertz CT molecular complexity index is 493. The molecule has 0 radical (unpaired) electrons. The van der Waals surface area contributed by atoms with Gasteiger partial charge in [-0.15, -0.1) is 0 Å². The van der Waals surface area contributed by atoms with Crippen molar-refractivity contribution in [2.45, 2.75) is 19.5 Å². The molecule has 0 saturated heterocycles. The maximum absolute atomic E-state index is 13.0. The van der Waals surface area contributed by atoms with E-state index in [-0.39, 0.29) is 11.9 Å². The van der Waals surface area contributed by atoms with E-state index in [2.05, 4.69) is 10.4 Å². The summed E-state index contributed by atoms with van der Waals surface area (Å²) in [5.74, 6) is -0.199. The molecule has 0 aliphatic heterocycles. The fourth-order valence-electron chi connectivity index (χ4n) is 1.69. The minimum atomic E-state index is -0.199. The molecule has 17 heavy (non-hydrogen) atoms. The molecule has 1 unspecified atom stereocenters. The standard InChI is InChI=1S/C13H16FN3/c1-10(13-6-7-17(2)16-13)15-9-11-4-3-5-12(14)8-11/h3-8,10,15H,9H2,1-2H3. The van der Waals surface area contributed by atoms with Crippen molar-refractivity contribution in [1.82, 2.24) is 15.1 Å². The second-order valence-electron chi connectivity index (χ2n) is 4.15. The smallest absolute Gasteiger partial charge is 0.123 e. The van der Waals surface area contributed by atoms with E-state index in [1.165, 1.54) is 12.1 Å². The van der Waals surface area contributed by atoms with Crippen molar-refractivity contribution in [2.24, 2.45) is 7.05 Å². The first-order chi connectivity index (χ1) is 8.15. The topological polar surface area (TPSA) is 29.9 Å². The van der Waals surface area contributed by atoms with Crippen LogP contribution < -0.4 is 5.32 Å². The van der Waals surface area contributed by atoms with Crippen LogP contribution in [0.3, 0.4) is 0 Å². The van der Waals surface area contributed by atoms with Crippen LogP contribution in [0.4, 0.5) is 4.39 Å². The molecular formula is C13H16FN3. The van der Waals surface area contributed by atoms with Crippen molar-refractivity contribution >= 4 is 0 Å². The van der Waals surface area contributed by atoms with Crippen molar-refractivity contribution in [3.05, 3.63) is 53.6 Å². The lowest BCUT2D eigenvalue weighted by atomic mass is 10.2. The molecule has 2 rings (SSSR count). The Balaban J connectivity index is 1.94. The third-order valence-corrected chi connectivity index (χ3v) is 2.68. The Labute approximate surface area is 100 Å². The van der Waals surface area contributed by atoms with E-state index >= 15 is 0 Å². The van der Waals surface area contributed by atoms with Gasteiger partial charge in [0.05, 0.1) is 5.69 Å². The molecule has 3 nitrogen and oxygen atoms in total. The van der Waals surface area contributed by atoms with E-state index in [0.717, 1.165) is 11.3 Å². The van der Waals surface area contributed by atoms with Gasteiger partial charge in [-0.05, 0) is 30.7 Å². The van der Waals surface area contributed by atoms with Gasteiger partial charge in [0.2, 0.25) is 0 Å². The Hall–Kier alpha value is -1.68. The summed E-state index contributed by atoms with van der Waals surface area (Å²) in [4.78, 5) is 0. The molecule has 0 saturated carbocycles. The summed E-state index contributed by atoms with van der Waals surface area (Å²) in [5, 5.41) is 7.63. The monoisotopic (exact) mass is 233 g/mol. The number of rotatable bonds is 4. The Morgan fingerprint density at radius 2 is 2.24 bits per heavy atom. The molecule has 0 spiro atoms. The summed E-state index contributed by atoms with van der Waals surface area (Å²) < 4.78 is 14.7. The highest BCUT2D eigenvalue weighted by Crippen LogP contribution is 2.10. The molecule has 1 N–H and O–H groups in total. The van der Waals surface area contributed by atoms with Gasteiger partial charge in [0.25, 0.3) is 0 Å². The van der Waals surface area contributed by atoms with Crippen LogP contribution in [-0.2, 0) is 13.6 Å². The number of hydrogen-bond acceptors (Lipinski definition) is 2. The number of hydrogen-bond donors (Lipinski definition) is 1. The van der Waals surface area contributed by atoms with Crippen molar-refractivity contribution in [2.75, 3.05) is 0 Å². The maximum Gasteiger partial charge on any atom is 0.123 e. The molecule has 90 valence electrons. The summed E-state index contributed by atoms with van der Waals surface area (Å²) in [6.07, 6.45) is 1.91. The van der Waals surface area contributed by atoms with Crippen molar-refractivity contribution < 1.29 is 4.39 Å². The first kappa shape index (κ1) is 11.8. The summed E-state index contributed by atoms with van der Waals surface area (Å²) >= 11 is 0. The summed E-state index contributed by atoms with van der Waals surface area (Å²) in [7, 11) is 1.89. The normalized spacial score (nSPS) is 12.6. The predicted octanol–water partition coefficient (Wildman–Crippen LogP) is 2.41. The summed E-state index contributed by atoms with van der Waals surface area (Å²) in [6, 6.07) is 8.74. The number of nitrogens with zero attached hydrogens (tertiary/aromatic N) is 2. The highest BCUT2D eigenvalue weighted by atomic mass is 19.1. The minimum Gasteiger partial charge on any atom is -0.305 e. The van der Waals surface area contributed by atoms with Crippen LogP contribution >= 0.6 is 0 Å². The van der Waals surface area contributed by atoms with Crippen LogP contribution in [0.25, 0.3) is 0 Å². The molecule has 1 aromatic carbocycles. The zero-order valence-corrected chi connectivity index (χ0v) is 10.0. The Morgan fingerprint density at radius 3 is 2.88 bits per heavy atom. The summed E-state index contributed by atoms with van der Waals surface area (Å²) in [5.41, 5.74) is 1.93. The predicted molar refractivity (Wildman–Crippen MR) is 64.9 cm³/mol. The third kappa shape index (κ3) is 3.14. The SMILES string of the molecule is CC(NCc1cccc(F)c1)c1ccn(C)n1. The van der Waals surface area contributed by atoms with Gasteiger partial charge in [0.1, 0.15) is 5.82 Å². The van der Waals surface area contributed by atoms with Gasteiger partial charge in [0.15, 0.2) is 0 Å². The minimum absolute atomic E-state index is 0.152. The molecule has 0 aliphatic rings. The molecule has 1 aromatic heterocycles. The van der Waals surface area contributed by atoms with Crippen LogP contribution in [0, 0.1) is 5.82 Å². The van der Waals surface area contributed by atoms with Gasteiger partial charge in [-0.2, -0.15) is 5.10 Å². The summed E-state index contributed by atoms with van der Waals surface area (Å²) in [6.45, 7) is 2.68. The van der Waals surface area contributed by atoms with Gasteiger partial charge in [-0.1, -0.05) is 12.1 Å². The van der Waals surface area contributed by atoms with E-state index in [4.69, 9.17) is 0 Å². The van der Waals surface area contributed by atoms with Crippen molar-refractivity contribution in [3.8, 4) is 0 Å². The van der Waals surface area contributed by atoms with Gasteiger partial charge < -0.3 is 5.32 Å². The number of aromatic nitrogens is 2. The van der Waals surface area contributed by atoms with Crippen LogP contribution in [0.15, 0.2) is 36.5 Å². The largest absolute Gasteiger partial charge is 0.305 e. The maximum atomic E-state index is 13.0. The molecule has 2 aromatic rings. The lowest BCUT2D eigenvalue weighted by Gasteiger charge is -2.11. The molecule has 0 bridgehead atoms. The van der Waals surface area contributed by atoms with Crippen molar-refractivity contribution in [1.29, 1.82) is 0 Å². The second kappa shape index (κ2) is 5.10. The lowest BCUT2D eigenvalue weighted by molar-refractivity contribution is 0.548. The molecule has 0 fully saturated rings. The third-order valence-electron chi connectivity index (χ3n) is 2.68. The van der Waals surface area contributed by atoms with Gasteiger partial charge in [-0.3, -0.25) is 4.68 Å². The zero-order chi connectivity index (χ0) is 12.3. The molecule has 0 amide bonds. The van der Waals surface area contributed by atoms with Gasteiger partial charge >= 0.3 is 0 Å². The van der Waals surface area contributed by atoms with E-state index in [1.54, 1.807) is 10.7 Å².